The molecule has 0 saturated carbocycles. The van der Waals surface area contributed by atoms with Crippen molar-refractivity contribution in [1.82, 2.24) is 15.2 Å². The summed E-state index contributed by atoms with van der Waals surface area (Å²) in [7, 11) is 0. The van der Waals surface area contributed by atoms with Crippen LogP contribution in [0.15, 0.2) is 107 Å². The molecule has 1 fully saturated rings. The first-order valence-corrected chi connectivity index (χ1v) is 15.7. The van der Waals surface area contributed by atoms with Gasteiger partial charge in [-0.25, -0.2) is 0 Å². The molecule has 0 radical (unpaired) electrons. The maximum Gasteiger partial charge on any atom is 0.301 e. The summed E-state index contributed by atoms with van der Waals surface area (Å²) >= 11 is 2.73. The molecule has 5 aromatic rings. The van der Waals surface area contributed by atoms with Crippen LogP contribution in [0.5, 0.6) is 5.75 Å². The molecule has 1 saturated heterocycles. The minimum atomic E-state index is -0.927. The monoisotopic (exact) mass is 620 g/mol. The van der Waals surface area contributed by atoms with E-state index in [2.05, 4.69) is 39.4 Å². The Morgan fingerprint density at radius 3 is 2.45 bits per heavy atom. The minimum absolute atomic E-state index is 0.0411. The normalized spacial score (nSPS) is 16.0. The van der Waals surface area contributed by atoms with Crippen molar-refractivity contribution in [2.45, 2.75) is 36.6 Å². The lowest BCUT2D eigenvalue weighted by Crippen LogP contribution is -2.29. The number of aliphatic hydroxyl groups excluding tert-OH is 1. The van der Waals surface area contributed by atoms with Gasteiger partial charge in [-0.15, -0.1) is 10.2 Å². The van der Waals surface area contributed by atoms with Gasteiger partial charge in [-0.3, -0.25) is 19.5 Å². The van der Waals surface area contributed by atoms with Crippen LogP contribution in [0.3, 0.4) is 0 Å². The van der Waals surface area contributed by atoms with Gasteiger partial charge in [-0.1, -0.05) is 83.3 Å². The smallest absolute Gasteiger partial charge is 0.301 e. The third-order valence-electron chi connectivity index (χ3n) is 7.31. The van der Waals surface area contributed by atoms with Gasteiger partial charge in [0, 0.05) is 23.7 Å². The van der Waals surface area contributed by atoms with E-state index in [0.29, 0.717) is 33.6 Å². The van der Waals surface area contributed by atoms with Gasteiger partial charge in [0.15, 0.2) is 4.34 Å². The van der Waals surface area contributed by atoms with E-state index in [-0.39, 0.29) is 16.5 Å². The molecular formula is C34H28N4O4S2. The highest BCUT2D eigenvalue weighted by Gasteiger charge is 2.48. The summed E-state index contributed by atoms with van der Waals surface area (Å²) in [5.74, 6) is -0.586. The first kappa shape index (κ1) is 29.3. The van der Waals surface area contributed by atoms with Gasteiger partial charge in [-0.05, 0) is 66.4 Å². The molecule has 44 heavy (non-hydrogen) atoms. The lowest BCUT2D eigenvalue weighted by molar-refractivity contribution is -0.132. The number of ether oxygens (including phenoxy) is 1. The summed E-state index contributed by atoms with van der Waals surface area (Å²) in [5, 5.41) is 20.3. The van der Waals surface area contributed by atoms with Crippen molar-refractivity contribution in [3.8, 4) is 5.75 Å². The number of nitrogens with zero attached hydrogens (tertiary/aromatic N) is 4. The largest absolute Gasteiger partial charge is 0.507 e. The third-order valence-corrected chi connectivity index (χ3v) is 9.44. The van der Waals surface area contributed by atoms with Crippen LogP contribution in [0, 0.1) is 13.8 Å². The highest BCUT2D eigenvalue weighted by molar-refractivity contribution is 8.00. The standard InChI is InChI=1S/C34H28N4O4S2/c1-21-9-11-23(12-10-21)20-43-34-37-36-33(44-34)38-29(25-8-5-17-35-18-25)28(31(40)32(38)41)30(39)24-13-15-27(16-14-24)42-19-26-7-4-3-6-22(26)2/h3-18,29,39H,19-20H2,1-2H3. The average Bonchev–Trinajstić information content (AvgIpc) is 3.62. The molecule has 0 spiro atoms. The van der Waals surface area contributed by atoms with Gasteiger partial charge in [-0.2, -0.15) is 0 Å². The first-order chi connectivity index (χ1) is 21.4. The Morgan fingerprint density at radius 1 is 0.955 bits per heavy atom. The van der Waals surface area contributed by atoms with Crippen LogP contribution in [0.2, 0.25) is 0 Å². The molecule has 1 atom stereocenters. The van der Waals surface area contributed by atoms with Crippen molar-refractivity contribution >= 4 is 45.7 Å². The van der Waals surface area contributed by atoms with Gasteiger partial charge in [0.25, 0.3) is 5.78 Å². The lowest BCUT2D eigenvalue weighted by Gasteiger charge is -2.22. The van der Waals surface area contributed by atoms with Crippen LogP contribution < -0.4 is 9.64 Å². The molecule has 1 aliphatic heterocycles. The predicted octanol–water partition coefficient (Wildman–Crippen LogP) is 7.05. The van der Waals surface area contributed by atoms with Crippen LogP contribution >= 0.6 is 23.1 Å². The highest BCUT2D eigenvalue weighted by Crippen LogP contribution is 2.44. The van der Waals surface area contributed by atoms with Gasteiger partial charge in [0.2, 0.25) is 5.13 Å². The van der Waals surface area contributed by atoms with E-state index in [4.69, 9.17) is 4.74 Å². The number of aromatic nitrogens is 3. The second-order valence-corrected chi connectivity index (χ2v) is 12.5. The van der Waals surface area contributed by atoms with E-state index < -0.39 is 17.7 Å². The number of amides is 1. The zero-order chi connectivity index (χ0) is 30.6. The molecule has 0 aliphatic carbocycles. The maximum atomic E-state index is 13.5. The fraction of sp³-hybridized carbons (Fsp3) is 0.147. The van der Waals surface area contributed by atoms with Crippen LogP contribution in [-0.2, 0) is 21.9 Å². The summed E-state index contributed by atoms with van der Waals surface area (Å²) in [6.07, 6.45) is 3.18. The molecule has 220 valence electrons. The molecular weight excluding hydrogens is 593 g/mol. The van der Waals surface area contributed by atoms with Crippen molar-refractivity contribution < 1.29 is 19.4 Å². The van der Waals surface area contributed by atoms with E-state index in [1.165, 1.54) is 33.6 Å². The number of anilines is 1. The number of hydrogen-bond acceptors (Lipinski definition) is 9. The van der Waals surface area contributed by atoms with Crippen LogP contribution in [0.4, 0.5) is 5.13 Å². The molecule has 3 aromatic carbocycles. The number of pyridine rings is 1. The SMILES string of the molecule is Cc1ccc(CSc2nnc(N3C(=O)C(=O)C(=C(O)c4ccc(OCc5ccccc5C)cc4)C3c3cccnc3)s2)cc1. The number of carbonyl (C=O) groups excluding carboxylic acids is 2. The Morgan fingerprint density at radius 2 is 1.73 bits per heavy atom. The number of hydrogen-bond donors (Lipinski definition) is 1. The molecule has 6 rings (SSSR count). The van der Waals surface area contributed by atoms with Crippen molar-refractivity contribution in [1.29, 1.82) is 0 Å². The third kappa shape index (κ3) is 6.13. The highest BCUT2D eigenvalue weighted by atomic mass is 32.2. The van der Waals surface area contributed by atoms with Crippen molar-refractivity contribution in [3.05, 3.63) is 136 Å². The maximum absolute atomic E-state index is 13.5. The lowest BCUT2D eigenvalue weighted by atomic mass is 9.96. The molecule has 1 unspecified atom stereocenters. The molecule has 1 aliphatic rings. The van der Waals surface area contributed by atoms with Crippen molar-refractivity contribution in [3.63, 3.8) is 0 Å². The second-order valence-electron chi connectivity index (χ2n) is 10.3. The number of rotatable bonds is 9. The Kier molecular flexibility index (Phi) is 8.53. The van der Waals surface area contributed by atoms with Gasteiger partial charge >= 0.3 is 5.91 Å². The van der Waals surface area contributed by atoms with Crippen LogP contribution in [0.1, 0.15) is 39.4 Å². The first-order valence-electron chi connectivity index (χ1n) is 13.9. The second kappa shape index (κ2) is 12.8. The summed E-state index contributed by atoms with van der Waals surface area (Å²) < 4.78 is 6.60. The van der Waals surface area contributed by atoms with Gasteiger partial charge in [0.1, 0.15) is 18.1 Å². The molecule has 2 aromatic heterocycles. The van der Waals surface area contributed by atoms with E-state index in [0.717, 1.165) is 16.7 Å². The van der Waals surface area contributed by atoms with Gasteiger partial charge in [0.05, 0.1) is 11.6 Å². The fourth-order valence-corrected chi connectivity index (χ4v) is 6.69. The summed E-state index contributed by atoms with van der Waals surface area (Å²) in [5.41, 5.74) is 5.44. The molecule has 8 nitrogen and oxygen atoms in total. The zero-order valence-corrected chi connectivity index (χ0v) is 25.6. The molecule has 1 amide bonds. The predicted molar refractivity (Wildman–Crippen MR) is 172 cm³/mol. The number of Topliss-reactive ketones (excluding diaryl/α,β-unsaturated/α-hetero) is 1. The van der Waals surface area contributed by atoms with Gasteiger partial charge < -0.3 is 9.84 Å². The zero-order valence-electron chi connectivity index (χ0n) is 24.0. The van der Waals surface area contributed by atoms with E-state index in [1.54, 1.807) is 48.8 Å². The van der Waals surface area contributed by atoms with Crippen LogP contribution in [0.25, 0.3) is 5.76 Å². The minimum Gasteiger partial charge on any atom is -0.507 e. The number of aryl methyl sites for hydroxylation is 2. The number of ketones is 1. The Labute approximate surface area is 263 Å². The molecule has 3 heterocycles. The number of thioether (sulfide) groups is 1. The molecule has 0 bridgehead atoms. The van der Waals surface area contributed by atoms with Crippen LogP contribution in [-0.4, -0.2) is 32.0 Å². The summed E-state index contributed by atoms with van der Waals surface area (Å²) in [6.45, 7) is 4.47. The summed E-state index contributed by atoms with van der Waals surface area (Å²) in [6, 6.07) is 25.6. The van der Waals surface area contributed by atoms with Crippen molar-refractivity contribution in [2.75, 3.05) is 4.90 Å². The number of aliphatic hydroxyl groups is 1. The van der Waals surface area contributed by atoms with Crippen molar-refractivity contribution in [2.24, 2.45) is 0 Å². The topological polar surface area (TPSA) is 106 Å². The fourth-order valence-electron chi connectivity index (χ4n) is 4.87. The van der Waals surface area contributed by atoms with E-state index >= 15 is 0 Å². The summed E-state index contributed by atoms with van der Waals surface area (Å²) in [4.78, 5) is 32.5. The Bertz CT molecular complexity index is 1840. The Balaban J connectivity index is 1.28. The number of carbonyl (C=O) groups is 2. The molecule has 1 N–H and O–H groups in total. The van der Waals surface area contributed by atoms with E-state index in [1.807, 2.05) is 38.1 Å². The Hall–Kier alpha value is -4.80. The number of benzene rings is 3. The molecule has 10 heteroatoms. The average molecular weight is 621 g/mol. The van der Waals surface area contributed by atoms with E-state index in [9.17, 15) is 14.7 Å². The quantitative estimate of drug-likeness (QED) is 0.0615.